The average molecular weight is 207 g/mol. The van der Waals surface area contributed by atoms with Crippen LogP contribution in [0.25, 0.3) is 0 Å². The van der Waals surface area contributed by atoms with Gasteiger partial charge in [0, 0.05) is 18.8 Å². The van der Waals surface area contributed by atoms with Crippen LogP contribution in [0.1, 0.15) is 36.7 Å². The summed E-state index contributed by atoms with van der Waals surface area (Å²) in [5.74, 6) is -0.00162. The average Bonchev–Trinajstić information content (AvgIpc) is 2.53. The predicted molar refractivity (Wildman–Crippen MR) is 59.6 cm³/mol. The third-order valence-corrected chi connectivity index (χ3v) is 2.93. The van der Waals surface area contributed by atoms with E-state index in [2.05, 4.69) is 5.32 Å². The van der Waals surface area contributed by atoms with Crippen molar-refractivity contribution in [1.82, 2.24) is 9.88 Å². The largest absolute Gasteiger partial charge is 0.397 e. The van der Waals surface area contributed by atoms with Crippen LogP contribution in [0.3, 0.4) is 0 Å². The molecule has 3 N–H and O–H groups in total. The van der Waals surface area contributed by atoms with Gasteiger partial charge in [-0.05, 0) is 32.3 Å². The van der Waals surface area contributed by atoms with E-state index in [4.69, 9.17) is 5.73 Å². The molecule has 15 heavy (non-hydrogen) atoms. The highest BCUT2D eigenvalue weighted by molar-refractivity contribution is 5.94. The number of carbonyl (C=O) groups excluding carboxylic acids is 1. The number of nitrogens with one attached hydrogen (secondary N) is 1. The number of aromatic nitrogens is 1. The van der Waals surface area contributed by atoms with Gasteiger partial charge < -0.3 is 15.6 Å². The molecule has 82 valence electrons. The molecule has 0 bridgehead atoms. The summed E-state index contributed by atoms with van der Waals surface area (Å²) < 4.78 is 1.88. The minimum atomic E-state index is -0.00162. The highest BCUT2D eigenvalue weighted by atomic mass is 16.2. The van der Waals surface area contributed by atoms with Crippen molar-refractivity contribution in [3.63, 3.8) is 0 Å². The van der Waals surface area contributed by atoms with Crippen molar-refractivity contribution in [2.24, 2.45) is 0 Å². The van der Waals surface area contributed by atoms with E-state index in [0.717, 1.165) is 19.4 Å². The van der Waals surface area contributed by atoms with E-state index in [1.54, 1.807) is 12.3 Å². The Morgan fingerprint density at radius 3 is 2.93 bits per heavy atom. The van der Waals surface area contributed by atoms with Gasteiger partial charge in [0.05, 0.1) is 5.69 Å². The monoisotopic (exact) mass is 207 g/mol. The Bertz CT molecular complexity index is 366. The zero-order valence-electron chi connectivity index (χ0n) is 8.99. The van der Waals surface area contributed by atoms with E-state index in [9.17, 15) is 4.79 Å². The maximum Gasteiger partial charge on any atom is 0.268 e. The van der Waals surface area contributed by atoms with Crippen molar-refractivity contribution in [2.45, 2.75) is 38.8 Å². The van der Waals surface area contributed by atoms with E-state index < -0.39 is 0 Å². The molecule has 1 aromatic heterocycles. The van der Waals surface area contributed by atoms with Gasteiger partial charge in [0.2, 0.25) is 0 Å². The number of aryl methyl sites for hydroxylation is 1. The molecule has 1 aliphatic carbocycles. The maximum atomic E-state index is 11.9. The predicted octanol–water partition coefficient (Wildman–Crippen LogP) is 1.37. The molecule has 0 radical (unpaired) electrons. The molecule has 1 aromatic rings. The number of anilines is 1. The third-order valence-electron chi connectivity index (χ3n) is 2.93. The second-order valence-corrected chi connectivity index (χ2v) is 4.05. The van der Waals surface area contributed by atoms with Gasteiger partial charge in [-0.1, -0.05) is 0 Å². The molecule has 0 saturated heterocycles. The zero-order chi connectivity index (χ0) is 10.8. The van der Waals surface area contributed by atoms with Crippen LogP contribution >= 0.6 is 0 Å². The number of nitrogens with two attached hydrogens (primary N) is 1. The van der Waals surface area contributed by atoms with Gasteiger partial charge in [-0.15, -0.1) is 0 Å². The molecule has 0 unspecified atom stereocenters. The fraction of sp³-hybridized carbons (Fsp3) is 0.545. The molecule has 1 heterocycles. The molecular formula is C11H17N3O. The summed E-state index contributed by atoms with van der Waals surface area (Å²) in [5, 5.41) is 3.01. The number of nitrogens with zero attached hydrogens (tertiary/aromatic N) is 1. The van der Waals surface area contributed by atoms with Crippen LogP contribution in [0.2, 0.25) is 0 Å². The molecule has 1 aliphatic rings. The van der Waals surface area contributed by atoms with Crippen LogP contribution in [0.5, 0.6) is 0 Å². The van der Waals surface area contributed by atoms with E-state index in [1.807, 2.05) is 11.5 Å². The van der Waals surface area contributed by atoms with Crippen LogP contribution in [-0.2, 0) is 6.54 Å². The summed E-state index contributed by atoms with van der Waals surface area (Å²) in [6.45, 7) is 2.77. The minimum Gasteiger partial charge on any atom is -0.397 e. The van der Waals surface area contributed by atoms with Gasteiger partial charge in [0.25, 0.3) is 5.91 Å². The topological polar surface area (TPSA) is 60.0 Å². The Hall–Kier alpha value is -1.45. The quantitative estimate of drug-likeness (QED) is 0.786. The Kier molecular flexibility index (Phi) is 2.66. The smallest absolute Gasteiger partial charge is 0.268 e. The van der Waals surface area contributed by atoms with Gasteiger partial charge in [-0.3, -0.25) is 4.79 Å². The Balaban J connectivity index is 2.09. The summed E-state index contributed by atoms with van der Waals surface area (Å²) >= 11 is 0. The molecule has 1 fully saturated rings. The lowest BCUT2D eigenvalue weighted by atomic mass is 9.93. The fourth-order valence-corrected chi connectivity index (χ4v) is 1.80. The van der Waals surface area contributed by atoms with Gasteiger partial charge >= 0.3 is 0 Å². The van der Waals surface area contributed by atoms with Crippen molar-refractivity contribution in [2.75, 3.05) is 5.73 Å². The first-order chi connectivity index (χ1) is 7.20. The first-order valence-electron chi connectivity index (χ1n) is 5.47. The second-order valence-electron chi connectivity index (χ2n) is 4.05. The number of amides is 1. The number of hydrogen-bond donors (Lipinski definition) is 2. The van der Waals surface area contributed by atoms with Crippen LogP contribution in [-0.4, -0.2) is 16.5 Å². The summed E-state index contributed by atoms with van der Waals surface area (Å²) in [5.41, 5.74) is 6.99. The van der Waals surface area contributed by atoms with Gasteiger partial charge in [0.1, 0.15) is 5.69 Å². The van der Waals surface area contributed by atoms with Crippen molar-refractivity contribution in [3.8, 4) is 0 Å². The number of hydrogen-bond acceptors (Lipinski definition) is 2. The van der Waals surface area contributed by atoms with Gasteiger partial charge in [0.15, 0.2) is 0 Å². The molecule has 1 saturated carbocycles. The SMILES string of the molecule is CCn1cc(N)cc1C(=O)NC1CCC1. The van der Waals surface area contributed by atoms with Crippen molar-refractivity contribution >= 4 is 11.6 Å². The van der Waals surface area contributed by atoms with E-state index in [0.29, 0.717) is 17.4 Å². The summed E-state index contributed by atoms with van der Waals surface area (Å²) in [4.78, 5) is 11.9. The van der Waals surface area contributed by atoms with Crippen molar-refractivity contribution < 1.29 is 4.79 Å². The first kappa shape index (κ1) is 10.1. The van der Waals surface area contributed by atoms with Crippen LogP contribution in [0.4, 0.5) is 5.69 Å². The molecule has 4 heteroatoms. The summed E-state index contributed by atoms with van der Waals surface area (Å²) in [7, 11) is 0. The molecule has 4 nitrogen and oxygen atoms in total. The van der Waals surface area contributed by atoms with E-state index >= 15 is 0 Å². The highest BCUT2D eigenvalue weighted by Crippen LogP contribution is 2.19. The van der Waals surface area contributed by atoms with Crippen LogP contribution in [0.15, 0.2) is 12.3 Å². The highest BCUT2D eigenvalue weighted by Gasteiger charge is 2.21. The van der Waals surface area contributed by atoms with Crippen molar-refractivity contribution in [1.29, 1.82) is 0 Å². The lowest BCUT2D eigenvalue weighted by Crippen LogP contribution is -2.40. The molecule has 2 rings (SSSR count). The Labute approximate surface area is 89.5 Å². The molecular weight excluding hydrogens is 190 g/mol. The minimum absolute atomic E-state index is 0.00162. The maximum absolute atomic E-state index is 11.9. The Morgan fingerprint density at radius 2 is 2.40 bits per heavy atom. The van der Waals surface area contributed by atoms with Crippen LogP contribution < -0.4 is 11.1 Å². The summed E-state index contributed by atoms with van der Waals surface area (Å²) in [6, 6.07) is 2.11. The van der Waals surface area contributed by atoms with Crippen LogP contribution in [0, 0.1) is 0 Å². The normalized spacial score (nSPS) is 16.1. The lowest BCUT2D eigenvalue weighted by molar-refractivity contribution is 0.0907. The first-order valence-corrected chi connectivity index (χ1v) is 5.47. The standard InChI is InChI=1S/C11H17N3O/c1-2-14-7-8(12)6-10(14)11(15)13-9-4-3-5-9/h6-7,9H,2-5,12H2,1H3,(H,13,15). The zero-order valence-corrected chi connectivity index (χ0v) is 8.99. The molecule has 0 aromatic carbocycles. The molecule has 0 aliphatic heterocycles. The lowest BCUT2D eigenvalue weighted by Gasteiger charge is -2.26. The van der Waals surface area contributed by atoms with Gasteiger partial charge in [-0.2, -0.15) is 0 Å². The summed E-state index contributed by atoms with van der Waals surface area (Å²) in [6.07, 6.45) is 5.24. The molecule has 0 spiro atoms. The third kappa shape index (κ3) is 1.98. The number of carbonyl (C=O) groups is 1. The fourth-order valence-electron chi connectivity index (χ4n) is 1.80. The van der Waals surface area contributed by atoms with Gasteiger partial charge in [-0.25, -0.2) is 0 Å². The van der Waals surface area contributed by atoms with E-state index in [-0.39, 0.29) is 5.91 Å². The Morgan fingerprint density at radius 1 is 1.67 bits per heavy atom. The number of rotatable bonds is 3. The molecule has 0 atom stereocenters. The molecule has 1 amide bonds. The van der Waals surface area contributed by atoms with E-state index in [1.165, 1.54) is 6.42 Å². The number of nitrogen functional groups attached to an aromatic ring is 1. The second kappa shape index (κ2) is 3.96. The van der Waals surface area contributed by atoms with Crippen molar-refractivity contribution in [3.05, 3.63) is 18.0 Å².